The molecule has 0 bridgehead atoms. The second kappa shape index (κ2) is 7.20. The van der Waals surface area contributed by atoms with Gasteiger partial charge in [0.1, 0.15) is 29.2 Å². The highest BCUT2D eigenvalue weighted by Gasteiger charge is 2.39. The molecule has 1 fully saturated rings. The molecule has 5 rings (SSSR count). The molecule has 156 valence electrons. The Hall–Kier alpha value is -4.28. The highest BCUT2D eigenvalue weighted by molar-refractivity contribution is 5.93. The first kappa shape index (κ1) is 18.7. The molecule has 0 spiro atoms. The fraction of sp³-hybridized carbons (Fsp3) is 0.150. The lowest BCUT2D eigenvalue weighted by Gasteiger charge is -2.10. The summed E-state index contributed by atoms with van der Waals surface area (Å²) >= 11 is 0. The number of aromatic amines is 1. The minimum Gasteiger partial charge on any atom is -0.345 e. The van der Waals surface area contributed by atoms with E-state index in [1.54, 1.807) is 42.7 Å². The van der Waals surface area contributed by atoms with E-state index < -0.39 is 23.5 Å². The molecule has 1 unspecified atom stereocenters. The van der Waals surface area contributed by atoms with Crippen molar-refractivity contribution in [2.45, 2.75) is 18.6 Å². The Balaban J connectivity index is 1.50. The van der Waals surface area contributed by atoms with Crippen LogP contribution in [0.25, 0.3) is 11.5 Å². The maximum Gasteiger partial charge on any atom is 0.279 e. The van der Waals surface area contributed by atoms with Gasteiger partial charge in [0.05, 0.1) is 12.2 Å². The predicted octanol–water partition coefficient (Wildman–Crippen LogP) is 1.15. The van der Waals surface area contributed by atoms with E-state index >= 15 is 0 Å². The van der Waals surface area contributed by atoms with E-state index in [-0.39, 0.29) is 34.8 Å². The van der Waals surface area contributed by atoms with Gasteiger partial charge in [0.2, 0.25) is 11.1 Å². The number of hydrogen-bond acceptors (Lipinski definition) is 6. The number of hydrogen-bond donors (Lipinski definition) is 3. The molecule has 11 heteroatoms. The summed E-state index contributed by atoms with van der Waals surface area (Å²) in [6.45, 7) is 0. The van der Waals surface area contributed by atoms with Crippen LogP contribution in [0.5, 0.6) is 0 Å². The Labute approximate surface area is 173 Å². The number of anilines is 2. The highest BCUT2D eigenvalue weighted by Crippen LogP contribution is 2.25. The van der Waals surface area contributed by atoms with Crippen LogP contribution in [0.2, 0.25) is 0 Å². The number of nitrogens with zero attached hydrogens (tertiary/aromatic N) is 4. The summed E-state index contributed by atoms with van der Waals surface area (Å²) < 4.78 is 15.7. The summed E-state index contributed by atoms with van der Waals surface area (Å²) in [5, 5.41) is 8.28. The molecule has 0 radical (unpaired) electrons. The van der Waals surface area contributed by atoms with Crippen LogP contribution in [0.15, 0.2) is 64.6 Å². The van der Waals surface area contributed by atoms with E-state index in [0.717, 1.165) is 0 Å². The van der Waals surface area contributed by atoms with Crippen LogP contribution in [-0.4, -0.2) is 42.3 Å². The molecule has 0 aromatic carbocycles. The maximum absolute atomic E-state index is 13.1. The van der Waals surface area contributed by atoms with E-state index in [0.29, 0.717) is 5.82 Å². The Bertz CT molecular complexity index is 1410. The normalized spacial score (nSPS) is 17.5. The van der Waals surface area contributed by atoms with Crippen LogP contribution in [0, 0.1) is 0 Å². The average molecular weight is 421 g/mol. The second-order valence-corrected chi connectivity index (χ2v) is 7.08. The van der Waals surface area contributed by atoms with Crippen LogP contribution in [0.3, 0.4) is 0 Å². The molecule has 10 nitrogen and oxygen atoms in total. The third kappa shape index (κ3) is 3.45. The van der Waals surface area contributed by atoms with Gasteiger partial charge in [-0.05, 0) is 24.3 Å². The molecular formula is C20H16FN7O3. The van der Waals surface area contributed by atoms with E-state index in [4.69, 9.17) is 0 Å². The lowest BCUT2D eigenvalue weighted by molar-refractivity contribution is 0.0940. The van der Waals surface area contributed by atoms with Gasteiger partial charge in [0, 0.05) is 24.9 Å². The minimum absolute atomic E-state index is 0.00209. The standard InChI is InChI=1S/C20H16FN7O3/c21-11-8-13(11)25-19(30)14-10-23-18-15(29)9-16(26-28(14)18)24-12-4-3-7-27(20(12)31)17-5-1-2-6-22-17/h1-7,9-11,13,24,26H,8H2,(H,25,30)/t11-,13?/m0/s1. The molecule has 4 aromatic heterocycles. The quantitative estimate of drug-likeness (QED) is 0.444. The number of halogens is 1. The van der Waals surface area contributed by atoms with Gasteiger partial charge in [0.15, 0.2) is 0 Å². The molecular weight excluding hydrogens is 405 g/mol. The zero-order valence-corrected chi connectivity index (χ0v) is 15.9. The number of aromatic nitrogens is 5. The molecule has 0 aliphatic heterocycles. The fourth-order valence-electron chi connectivity index (χ4n) is 3.18. The first-order chi connectivity index (χ1) is 15.0. The van der Waals surface area contributed by atoms with Crippen molar-refractivity contribution in [1.82, 2.24) is 29.5 Å². The van der Waals surface area contributed by atoms with Crippen molar-refractivity contribution in [1.29, 1.82) is 0 Å². The molecule has 4 aromatic rings. The summed E-state index contributed by atoms with van der Waals surface area (Å²) in [5.74, 6) is 0.0674. The van der Waals surface area contributed by atoms with Gasteiger partial charge in [-0.25, -0.2) is 18.9 Å². The number of rotatable bonds is 5. The van der Waals surface area contributed by atoms with Gasteiger partial charge < -0.3 is 10.6 Å². The van der Waals surface area contributed by atoms with Crippen LogP contribution < -0.4 is 21.6 Å². The van der Waals surface area contributed by atoms with E-state index in [9.17, 15) is 18.8 Å². The SMILES string of the molecule is O=C(NC1C[C@@H]1F)c1cnc2c(=O)cc(Nc3cccn(-c4ccccn4)c3=O)[nH]n12. The van der Waals surface area contributed by atoms with Crippen molar-refractivity contribution in [3.05, 3.63) is 81.3 Å². The van der Waals surface area contributed by atoms with Gasteiger partial charge in [-0.1, -0.05) is 6.07 Å². The summed E-state index contributed by atoms with van der Waals surface area (Å²) in [6, 6.07) is 9.12. The minimum atomic E-state index is -1.06. The van der Waals surface area contributed by atoms with Gasteiger partial charge >= 0.3 is 0 Å². The predicted molar refractivity (Wildman–Crippen MR) is 110 cm³/mol. The number of fused-ring (bicyclic) bond motifs is 1. The summed E-state index contributed by atoms with van der Waals surface area (Å²) in [7, 11) is 0. The zero-order valence-electron chi connectivity index (χ0n) is 15.9. The van der Waals surface area contributed by atoms with Crippen LogP contribution in [0.4, 0.5) is 15.9 Å². The van der Waals surface area contributed by atoms with Gasteiger partial charge in [-0.2, -0.15) is 0 Å². The lowest BCUT2D eigenvalue weighted by Crippen LogP contribution is -2.29. The van der Waals surface area contributed by atoms with Gasteiger partial charge in [0.25, 0.3) is 11.5 Å². The summed E-state index contributed by atoms with van der Waals surface area (Å²) in [4.78, 5) is 45.9. The van der Waals surface area contributed by atoms with Crippen molar-refractivity contribution >= 4 is 23.1 Å². The molecule has 2 atom stereocenters. The van der Waals surface area contributed by atoms with Crippen molar-refractivity contribution < 1.29 is 9.18 Å². The highest BCUT2D eigenvalue weighted by atomic mass is 19.1. The maximum atomic E-state index is 13.1. The first-order valence-electron chi connectivity index (χ1n) is 9.47. The molecule has 3 N–H and O–H groups in total. The lowest BCUT2D eigenvalue weighted by atomic mass is 10.3. The number of alkyl halides is 1. The van der Waals surface area contributed by atoms with E-state index in [1.807, 2.05) is 0 Å². The average Bonchev–Trinajstić information content (AvgIpc) is 3.28. The number of carbonyl (C=O) groups excluding carboxylic acids is 1. The number of H-pyrrole nitrogens is 1. The molecule has 1 saturated carbocycles. The number of nitrogens with one attached hydrogen (secondary N) is 3. The van der Waals surface area contributed by atoms with Crippen molar-refractivity contribution in [2.75, 3.05) is 5.32 Å². The molecule has 4 heterocycles. The van der Waals surface area contributed by atoms with E-state index in [2.05, 4.69) is 25.7 Å². The van der Waals surface area contributed by atoms with Crippen molar-refractivity contribution in [2.24, 2.45) is 0 Å². The summed E-state index contributed by atoms with van der Waals surface area (Å²) in [5.41, 5.74) is -0.604. The third-order valence-corrected chi connectivity index (χ3v) is 4.86. The third-order valence-electron chi connectivity index (χ3n) is 4.86. The zero-order chi connectivity index (χ0) is 21.5. The van der Waals surface area contributed by atoms with Crippen molar-refractivity contribution in [3.63, 3.8) is 0 Å². The second-order valence-electron chi connectivity index (χ2n) is 7.08. The number of pyridine rings is 2. The van der Waals surface area contributed by atoms with Crippen molar-refractivity contribution in [3.8, 4) is 5.82 Å². The molecule has 1 aliphatic carbocycles. The molecule has 1 aliphatic rings. The summed E-state index contributed by atoms with van der Waals surface area (Å²) in [6.07, 6.45) is 3.60. The molecule has 0 saturated heterocycles. The van der Waals surface area contributed by atoms with Gasteiger partial charge in [-0.15, -0.1) is 0 Å². The molecule has 31 heavy (non-hydrogen) atoms. The Morgan fingerprint density at radius 1 is 1.19 bits per heavy atom. The van der Waals surface area contributed by atoms with Crippen LogP contribution in [-0.2, 0) is 0 Å². The first-order valence-corrected chi connectivity index (χ1v) is 9.47. The number of imidazole rings is 1. The Morgan fingerprint density at radius 2 is 2.03 bits per heavy atom. The fourth-order valence-corrected chi connectivity index (χ4v) is 3.18. The molecule has 1 amide bonds. The van der Waals surface area contributed by atoms with Crippen LogP contribution >= 0.6 is 0 Å². The van der Waals surface area contributed by atoms with Gasteiger partial charge in [-0.3, -0.25) is 24.0 Å². The Morgan fingerprint density at radius 3 is 2.77 bits per heavy atom. The number of carbonyl (C=O) groups is 1. The Kier molecular flexibility index (Phi) is 4.35. The smallest absolute Gasteiger partial charge is 0.279 e. The van der Waals surface area contributed by atoms with Crippen LogP contribution in [0.1, 0.15) is 16.9 Å². The largest absolute Gasteiger partial charge is 0.345 e. The van der Waals surface area contributed by atoms with E-state index in [1.165, 1.54) is 21.3 Å². The topological polar surface area (TPSA) is 126 Å². The monoisotopic (exact) mass is 421 g/mol. The number of amides is 1.